The zero-order valence-corrected chi connectivity index (χ0v) is 11.1. The number of primary amides is 1. The molecule has 0 saturated heterocycles. The number of hydrogen-bond donors (Lipinski definition) is 2. The van der Waals surface area contributed by atoms with Crippen molar-refractivity contribution >= 4 is 55.0 Å². The second kappa shape index (κ2) is 4.34. The molecule has 0 fully saturated rings. The van der Waals surface area contributed by atoms with Crippen LogP contribution in [0.1, 0.15) is 30.0 Å². The smallest absolute Gasteiger partial charge is 0.226 e. The summed E-state index contributed by atoms with van der Waals surface area (Å²) in [7, 11) is 11.8. The number of aromatic nitrogens is 1. The Bertz CT molecular complexity index is 696. The molecule has 4 radical (unpaired) electrons. The Labute approximate surface area is 118 Å². The molecule has 1 aromatic carbocycles. The Kier molecular flexibility index (Phi) is 2.90. The van der Waals surface area contributed by atoms with Gasteiger partial charge in [0.05, 0.1) is 5.92 Å². The first-order valence-corrected chi connectivity index (χ1v) is 6.55. The van der Waals surface area contributed by atoms with Crippen molar-refractivity contribution in [2.45, 2.75) is 25.2 Å². The normalized spacial score (nSPS) is 18.5. The highest BCUT2D eigenvalue weighted by Crippen LogP contribution is 2.35. The highest BCUT2D eigenvalue weighted by Gasteiger charge is 2.28. The molecule has 6 heteroatoms. The Morgan fingerprint density at radius 3 is 2.84 bits per heavy atom. The lowest BCUT2D eigenvalue weighted by Crippen LogP contribution is -2.27. The molecular weight excluding hydrogens is 257 g/mol. The molecule has 1 aromatic heterocycles. The summed E-state index contributed by atoms with van der Waals surface area (Å²) in [4.78, 5) is 14.8. The van der Waals surface area contributed by atoms with E-state index in [-0.39, 0.29) is 11.8 Å². The molecule has 0 bridgehead atoms. The van der Waals surface area contributed by atoms with E-state index in [0.29, 0.717) is 15.9 Å². The van der Waals surface area contributed by atoms with Crippen LogP contribution in [0, 0.1) is 0 Å². The Hall–Kier alpha value is -1.35. The fourth-order valence-electron chi connectivity index (χ4n) is 2.89. The van der Waals surface area contributed by atoms with Gasteiger partial charge in [-0.2, -0.15) is 0 Å². The summed E-state index contributed by atoms with van der Waals surface area (Å²) in [5, 5.41) is 1.38. The fraction of sp³-hybridized carbons (Fsp3) is 0.308. The number of H-pyrrole nitrogens is 1. The molecule has 19 heavy (non-hydrogen) atoms. The molecule has 1 amide bonds. The van der Waals surface area contributed by atoms with Gasteiger partial charge < -0.3 is 10.7 Å². The number of rotatable bonds is 1. The van der Waals surface area contributed by atoms with Gasteiger partial charge >= 0.3 is 0 Å². The quantitative estimate of drug-likeness (QED) is 0.719. The van der Waals surface area contributed by atoms with Gasteiger partial charge in [-0.1, -0.05) is 22.5 Å². The van der Waals surface area contributed by atoms with Gasteiger partial charge in [0.25, 0.3) is 0 Å². The molecule has 1 heterocycles. The number of nitrogens with one attached hydrogen (secondary N) is 1. The standard InChI is InChI=1S/C13H11B2ClN2O/c14-9-8(16)4-7-5-2-1-3-6(13(17)19)11(5)18-12(7)10(9)15/h4,6,18H,1-3H2,(H2,17,19). The van der Waals surface area contributed by atoms with Crippen LogP contribution < -0.4 is 16.7 Å². The van der Waals surface area contributed by atoms with Crippen molar-refractivity contribution in [2.24, 2.45) is 5.73 Å². The van der Waals surface area contributed by atoms with E-state index in [2.05, 4.69) is 4.98 Å². The van der Waals surface area contributed by atoms with Crippen molar-refractivity contribution in [1.82, 2.24) is 4.98 Å². The lowest BCUT2D eigenvalue weighted by molar-refractivity contribution is -0.119. The van der Waals surface area contributed by atoms with Crippen LogP contribution in [0.4, 0.5) is 0 Å². The van der Waals surface area contributed by atoms with E-state index in [1.54, 1.807) is 6.07 Å². The van der Waals surface area contributed by atoms with Gasteiger partial charge in [0.15, 0.2) is 0 Å². The molecule has 3 nitrogen and oxygen atoms in total. The molecular formula is C13H11B2ClN2O. The van der Waals surface area contributed by atoms with Crippen LogP contribution in [0.3, 0.4) is 0 Å². The van der Waals surface area contributed by atoms with Crippen LogP contribution in [0.25, 0.3) is 10.9 Å². The van der Waals surface area contributed by atoms with Crippen molar-refractivity contribution in [3.05, 3.63) is 22.3 Å². The predicted molar refractivity (Wildman–Crippen MR) is 79.0 cm³/mol. The second-order valence-corrected chi connectivity index (χ2v) is 5.38. The second-order valence-electron chi connectivity index (χ2n) is 4.97. The van der Waals surface area contributed by atoms with E-state index >= 15 is 0 Å². The molecule has 0 saturated carbocycles. The van der Waals surface area contributed by atoms with E-state index < -0.39 is 0 Å². The van der Waals surface area contributed by atoms with Gasteiger partial charge in [-0.05, 0) is 30.9 Å². The summed E-state index contributed by atoms with van der Waals surface area (Å²) < 4.78 is 0. The summed E-state index contributed by atoms with van der Waals surface area (Å²) >= 11 is 6.08. The lowest BCUT2D eigenvalue weighted by atomic mass is 9.78. The summed E-state index contributed by atoms with van der Waals surface area (Å²) in [6, 6.07) is 1.81. The maximum Gasteiger partial charge on any atom is 0.226 e. The maximum atomic E-state index is 11.5. The average Bonchev–Trinajstić information content (AvgIpc) is 2.74. The van der Waals surface area contributed by atoms with Gasteiger partial charge in [-0.15, -0.1) is 0 Å². The number of amides is 1. The number of nitrogens with two attached hydrogens (primary N) is 1. The largest absolute Gasteiger partial charge is 0.369 e. The van der Waals surface area contributed by atoms with E-state index in [4.69, 9.17) is 33.0 Å². The Balaban J connectivity index is 2.33. The molecule has 2 aromatic rings. The highest BCUT2D eigenvalue weighted by atomic mass is 35.5. The van der Waals surface area contributed by atoms with Crippen LogP contribution in [0.5, 0.6) is 0 Å². The van der Waals surface area contributed by atoms with Crippen molar-refractivity contribution in [3.63, 3.8) is 0 Å². The average molecular weight is 268 g/mol. The summed E-state index contributed by atoms with van der Waals surface area (Å²) in [6.45, 7) is 0. The van der Waals surface area contributed by atoms with Crippen molar-refractivity contribution < 1.29 is 4.79 Å². The molecule has 1 atom stereocenters. The number of benzene rings is 1. The monoisotopic (exact) mass is 268 g/mol. The zero-order chi connectivity index (χ0) is 13.7. The van der Waals surface area contributed by atoms with Gasteiger partial charge in [-0.3, -0.25) is 4.79 Å². The predicted octanol–water partition coefficient (Wildman–Crippen LogP) is 0.314. The minimum Gasteiger partial charge on any atom is -0.369 e. The zero-order valence-electron chi connectivity index (χ0n) is 10.3. The number of carbonyl (C=O) groups is 1. The molecule has 1 aliphatic carbocycles. The minimum atomic E-state index is -0.315. The van der Waals surface area contributed by atoms with Crippen LogP contribution in [-0.4, -0.2) is 26.6 Å². The number of aromatic amines is 1. The van der Waals surface area contributed by atoms with Crippen LogP contribution in [-0.2, 0) is 11.2 Å². The first kappa shape index (κ1) is 12.7. The Morgan fingerprint density at radius 1 is 1.42 bits per heavy atom. The topological polar surface area (TPSA) is 58.9 Å². The first-order valence-electron chi connectivity index (χ1n) is 6.18. The third kappa shape index (κ3) is 1.79. The molecule has 0 aliphatic heterocycles. The molecule has 1 aliphatic rings. The van der Waals surface area contributed by atoms with Crippen molar-refractivity contribution in [1.29, 1.82) is 0 Å². The molecule has 1 unspecified atom stereocenters. The van der Waals surface area contributed by atoms with Gasteiger partial charge in [0, 0.05) is 21.6 Å². The summed E-state index contributed by atoms with van der Waals surface area (Å²) in [6.07, 6.45) is 2.58. The Morgan fingerprint density at radius 2 is 2.16 bits per heavy atom. The number of carbonyl (C=O) groups excluding carboxylic acids is 1. The van der Waals surface area contributed by atoms with E-state index in [9.17, 15) is 4.79 Å². The third-order valence-electron chi connectivity index (χ3n) is 3.88. The number of hydrogen-bond acceptors (Lipinski definition) is 1. The number of aryl methyl sites for hydroxylation is 1. The van der Waals surface area contributed by atoms with E-state index in [1.165, 1.54) is 0 Å². The molecule has 3 N–H and O–H groups in total. The van der Waals surface area contributed by atoms with Gasteiger partial charge in [0.2, 0.25) is 5.91 Å². The molecule has 3 rings (SSSR count). The molecule has 0 spiro atoms. The summed E-state index contributed by atoms with van der Waals surface area (Å²) in [5.41, 5.74) is 8.95. The van der Waals surface area contributed by atoms with Gasteiger partial charge in [0.1, 0.15) is 15.7 Å². The fourth-order valence-corrected chi connectivity index (χ4v) is 3.10. The number of fused-ring (bicyclic) bond motifs is 3. The maximum absolute atomic E-state index is 11.5. The summed E-state index contributed by atoms with van der Waals surface area (Å²) in [5.74, 6) is -0.597. The van der Waals surface area contributed by atoms with Crippen LogP contribution >= 0.6 is 11.6 Å². The van der Waals surface area contributed by atoms with E-state index in [1.807, 2.05) is 0 Å². The van der Waals surface area contributed by atoms with Gasteiger partial charge in [-0.25, -0.2) is 0 Å². The third-order valence-corrected chi connectivity index (χ3v) is 4.19. The SMILES string of the molecule is [B]c1c(Cl)cc2c3c([nH]c2c1[B])C(C(N)=O)CCC3. The van der Waals surface area contributed by atoms with E-state index in [0.717, 1.165) is 41.4 Å². The molecule has 92 valence electrons. The van der Waals surface area contributed by atoms with Crippen molar-refractivity contribution in [3.8, 4) is 0 Å². The first-order chi connectivity index (χ1) is 9.00. The van der Waals surface area contributed by atoms with Crippen LogP contribution in [0.15, 0.2) is 6.07 Å². The van der Waals surface area contributed by atoms with Crippen molar-refractivity contribution in [2.75, 3.05) is 0 Å². The van der Waals surface area contributed by atoms with Crippen LogP contribution in [0.2, 0.25) is 5.02 Å². The lowest BCUT2D eigenvalue weighted by Gasteiger charge is -2.19. The highest BCUT2D eigenvalue weighted by molar-refractivity contribution is 6.57. The minimum absolute atomic E-state index is 0.282. The number of halogens is 1.